The van der Waals surface area contributed by atoms with Crippen molar-refractivity contribution in [1.29, 1.82) is 0 Å². The monoisotopic (exact) mass is 265 g/mol. The molecule has 3 rings (SSSR count). The Hall–Kier alpha value is -1.93. The van der Waals surface area contributed by atoms with Gasteiger partial charge in [0.25, 0.3) is 0 Å². The van der Waals surface area contributed by atoms with Gasteiger partial charge in [0.15, 0.2) is 5.78 Å². The van der Waals surface area contributed by atoms with E-state index >= 15 is 0 Å². The minimum absolute atomic E-state index is 0.0865. The second-order valence-corrected chi connectivity index (χ2v) is 5.76. The summed E-state index contributed by atoms with van der Waals surface area (Å²) in [6, 6.07) is 15.7. The van der Waals surface area contributed by atoms with Crippen molar-refractivity contribution in [3.8, 4) is 0 Å². The van der Waals surface area contributed by atoms with Crippen LogP contribution in [0.2, 0.25) is 0 Å². The minimum atomic E-state index is 0.0865. The Bertz CT molecular complexity index is 656. The van der Waals surface area contributed by atoms with Crippen LogP contribution >= 0.6 is 0 Å². The van der Waals surface area contributed by atoms with Gasteiger partial charge in [0.05, 0.1) is 0 Å². The third-order valence-electron chi connectivity index (χ3n) is 4.26. The molecule has 0 heterocycles. The van der Waals surface area contributed by atoms with Crippen molar-refractivity contribution in [1.82, 2.24) is 0 Å². The van der Waals surface area contributed by atoms with E-state index in [0.717, 1.165) is 29.5 Å². The van der Waals surface area contributed by atoms with Gasteiger partial charge in [-0.1, -0.05) is 42.0 Å². The van der Waals surface area contributed by atoms with Crippen LogP contribution in [0.5, 0.6) is 0 Å². The summed E-state index contributed by atoms with van der Waals surface area (Å²) in [5.74, 6) is 0.0865. The Kier molecular flexibility index (Phi) is 3.19. The highest BCUT2D eigenvalue weighted by Gasteiger charge is 2.42. The second kappa shape index (κ2) is 4.88. The zero-order chi connectivity index (χ0) is 14.2. The van der Waals surface area contributed by atoms with E-state index in [4.69, 9.17) is 5.73 Å². The summed E-state index contributed by atoms with van der Waals surface area (Å²) in [7, 11) is 0. The molecule has 1 fully saturated rings. The number of carbonyl (C=O) groups is 1. The lowest BCUT2D eigenvalue weighted by atomic mass is 9.92. The molecule has 0 unspecified atom stereocenters. The van der Waals surface area contributed by atoms with Crippen molar-refractivity contribution in [2.45, 2.75) is 25.2 Å². The summed E-state index contributed by atoms with van der Waals surface area (Å²) in [6.07, 6.45) is 2.26. The number of hydrogen-bond acceptors (Lipinski definition) is 2. The molecule has 0 bridgehead atoms. The SMILES string of the molecule is Cc1cccc(C(=O)c2cccc(C3(CN)CC3)c2)c1. The molecule has 0 radical (unpaired) electrons. The lowest BCUT2D eigenvalue weighted by Crippen LogP contribution is -2.20. The van der Waals surface area contributed by atoms with Crippen LogP contribution in [0.25, 0.3) is 0 Å². The maximum absolute atomic E-state index is 12.6. The maximum Gasteiger partial charge on any atom is 0.193 e. The summed E-state index contributed by atoms with van der Waals surface area (Å²) in [5, 5.41) is 0. The number of ketones is 1. The number of rotatable bonds is 4. The predicted molar refractivity (Wildman–Crippen MR) is 81.0 cm³/mol. The van der Waals surface area contributed by atoms with E-state index in [1.54, 1.807) is 0 Å². The Morgan fingerprint density at radius 2 is 1.75 bits per heavy atom. The molecule has 2 N–H and O–H groups in total. The van der Waals surface area contributed by atoms with E-state index < -0.39 is 0 Å². The Morgan fingerprint density at radius 3 is 2.35 bits per heavy atom. The van der Waals surface area contributed by atoms with Crippen LogP contribution in [0.1, 0.15) is 39.9 Å². The van der Waals surface area contributed by atoms with Crippen molar-refractivity contribution < 1.29 is 4.79 Å². The molecule has 1 aliphatic rings. The normalized spacial score (nSPS) is 15.9. The molecular weight excluding hydrogens is 246 g/mol. The van der Waals surface area contributed by atoms with Gasteiger partial charge in [-0.25, -0.2) is 0 Å². The molecule has 0 aromatic heterocycles. The molecular formula is C18H19NO. The number of benzene rings is 2. The zero-order valence-corrected chi connectivity index (χ0v) is 11.7. The highest BCUT2D eigenvalue weighted by atomic mass is 16.1. The second-order valence-electron chi connectivity index (χ2n) is 5.76. The molecule has 1 aliphatic carbocycles. The highest BCUT2D eigenvalue weighted by Crippen LogP contribution is 2.47. The number of carbonyl (C=O) groups excluding carboxylic acids is 1. The van der Waals surface area contributed by atoms with Crippen LogP contribution in [0.3, 0.4) is 0 Å². The fraction of sp³-hybridized carbons (Fsp3) is 0.278. The average molecular weight is 265 g/mol. The van der Waals surface area contributed by atoms with Gasteiger partial charge in [-0.3, -0.25) is 4.79 Å². The molecule has 0 amide bonds. The topological polar surface area (TPSA) is 43.1 Å². The molecule has 0 atom stereocenters. The van der Waals surface area contributed by atoms with Crippen LogP contribution in [0.15, 0.2) is 48.5 Å². The van der Waals surface area contributed by atoms with Crippen LogP contribution in [0.4, 0.5) is 0 Å². The maximum atomic E-state index is 12.6. The first-order valence-electron chi connectivity index (χ1n) is 7.07. The van der Waals surface area contributed by atoms with Gasteiger partial charge in [0.1, 0.15) is 0 Å². The molecule has 2 heteroatoms. The Morgan fingerprint density at radius 1 is 1.10 bits per heavy atom. The van der Waals surface area contributed by atoms with E-state index in [9.17, 15) is 4.79 Å². The molecule has 1 saturated carbocycles. The van der Waals surface area contributed by atoms with Crippen molar-refractivity contribution in [2.75, 3.05) is 6.54 Å². The first kappa shape index (κ1) is 13.1. The van der Waals surface area contributed by atoms with Crippen molar-refractivity contribution in [2.24, 2.45) is 5.73 Å². The summed E-state index contributed by atoms with van der Waals surface area (Å²) >= 11 is 0. The van der Waals surface area contributed by atoms with Crippen LogP contribution in [-0.2, 0) is 5.41 Å². The summed E-state index contributed by atoms with van der Waals surface area (Å²) < 4.78 is 0. The Balaban J connectivity index is 1.95. The molecule has 2 nitrogen and oxygen atoms in total. The van der Waals surface area contributed by atoms with Gasteiger partial charge in [-0.2, -0.15) is 0 Å². The average Bonchev–Trinajstić information content (AvgIpc) is 3.28. The van der Waals surface area contributed by atoms with Crippen LogP contribution in [0, 0.1) is 6.92 Å². The Labute approximate surface area is 119 Å². The highest BCUT2D eigenvalue weighted by molar-refractivity contribution is 6.09. The van der Waals surface area contributed by atoms with Gasteiger partial charge in [0.2, 0.25) is 0 Å². The van der Waals surface area contributed by atoms with Gasteiger partial charge in [0, 0.05) is 23.1 Å². The van der Waals surface area contributed by atoms with Crippen LogP contribution < -0.4 is 5.73 Å². The van der Waals surface area contributed by atoms with Gasteiger partial charge in [-0.05, 0) is 37.5 Å². The predicted octanol–water partition coefficient (Wildman–Crippen LogP) is 3.22. The first-order valence-corrected chi connectivity index (χ1v) is 7.07. The van der Waals surface area contributed by atoms with Gasteiger partial charge in [-0.15, -0.1) is 0 Å². The van der Waals surface area contributed by atoms with Crippen molar-refractivity contribution in [3.05, 3.63) is 70.8 Å². The molecule has 0 spiro atoms. The molecule has 20 heavy (non-hydrogen) atoms. The van der Waals surface area contributed by atoms with E-state index in [2.05, 4.69) is 6.07 Å². The first-order chi connectivity index (χ1) is 9.64. The van der Waals surface area contributed by atoms with E-state index in [1.165, 1.54) is 5.56 Å². The molecule has 2 aromatic carbocycles. The lowest BCUT2D eigenvalue weighted by Gasteiger charge is -2.13. The summed E-state index contributed by atoms with van der Waals surface area (Å²) in [5.41, 5.74) is 9.82. The molecule has 2 aromatic rings. The van der Waals surface area contributed by atoms with Crippen LogP contribution in [-0.4, -0.2) is 12.3 Å². The molecule has 102 valence electrons. The standard InChI is InChI=1S/C18H19NO/c1-13-4-2-5-14(10-13)17(20)15-6-3-7-16(11-15)18(12-19)8-9-18/h2-7,10-11H,8-9,12,19H2,1H3. The summed E-state index contributed by atoms with van der Waals surface area (Å²) in [4.78, 5) is 12.6. The molecule has 0 saturated heterocycles. The quantitative estimate of drug-likeness (QED) is 0.863. The van der Waals surface area contributed by atoms with Gasteiger partial charge < -0.3 is 5.73 Å². The lowest BCUT2D eigenvalue weighted by molar-refractivity contribution is 0.103. The largest absolute Gasteiger partial charge is 0.330 e. The smallest absolute Gasteiger partial charge is 0.193 e. The van der Waals surface area contributed by atoms with E-state index in [0.29, 0.717) is 6.54 Å². The number of aryl methyl sites for hydroxylation is 1. The van der Waals surface area contributed by atoms with Gasteiger partial charge >= 0.3 is 0 Å². The fourth-order valence-corrected chi connectivity index (χ4v) is 2.70. The van der Waals surface area contributed by atoms with Crippen molar-refractivity contribution >= 4 is 5.78 Å². The van der Waals surface area contributed by atoms with E-state index in [-0.39, 0.29) is 11.2 Å². The van der Waals surface area contributed by atoms with Crippen molar-refractivity contribution in [3.63, 3.8) is 0 Å². The molecule has 0 aliphatic heterocycles. The zero-order valence-electron chi connectivity index (χ0n) is 11.7. The summed E-state index contributed by atoms with van der Waals surface area (Å²) in [6.45, 7) is 2.66. The third kappa shape index (κ3) is 2.27. The number of nitrogens with two attached hydrogens (primary N) is 1. The fourth-order valence-electron chi connectivity index (χ4n) is 2.70. The third-order valence-corrected chi connectivity index (χ3v) is 4.26. The van der Waals surface area contributed by atoms with E-state index in [1.807, 2.05) is 49.4 Å². The number of hydrogen-bond donors (Lipinski definition) is 1. The minimum Gasteiger partial charge on any atom is -0.330 e.